The summed E-state index contributed by atoms with van der Waals surface area (Å²) in [7, 11) is 3.92. The number of esters is 1. The molecule has 0 bridgehead atoms. The molecule has 1 atom stereocenters. The topological polar surface area (TPSA) is 73.1 Å². The molecule has 1 aromatic heterocycles. The molecule has 0 unspecified atom stereocenters. The molecule has 0 saturated carbocycles. The first kappa shape index (κ1) is 29.6. The SMILES string of the molecule is CCOC(=O)C1=C(C)N=c2s/c(=C\c3ccc(OCc4ccc(Cl)cc4Cl)cc3)c(=O)n2[C@@H]1c1ccc(N(C)C)cc1. The fraction of sp³-hybridized carbons (Fsp3) is 0.219. The van der Waals surface area contributed by atoms with E-state index in [0.29, 0.717) is 43.0 Å². The van der Waals surface area contributed by atoms with Crippen LogP contribution in [0.1, 0.15) is 36.6 Å². The van der Waals surface area contributed by atoms with Crippen LogP contribution in [-0.2, 0) is 16.1 Å². The molecule has 0 saturated heterocycles. The number of nitrogens with zero attached hydrogens (tertiary/aromatic N) is 3. The lowest BCUT2D eigenvalue weighted by Gasteiger charge is -2.25. The molecular weight excluding hydrogens is 593 g/mol. The summed E-state index contributed by atoms with van der Waals surface area (Å²) in [5, 5.41) is 1.11. The summed E-state index contributed by atoms with van der Waals surface area (Å²) in [5.41, 5.74) is 4.12. The van der Waals surface area contributed by atoms with Crippen molar-refractivity contribution in [2.24, 2.45) is 4.99 Å². The van der Waals surface area contributed by atoms with E-state index in [4.69, 9.17) is 32.7 Å². The minimum atomic E-state index is -0.658. The number of halogens is 2. The highest BCUT2D eigenvalue weighted by Crippen LogP contribution is 2.31. The molecule has 1 aliphatic rings. The van der Waals surface area contributed by atoms with Crippen LogP contribution in [0.15, 0.2) is 87.8 Å². The van der Waals surface area contributed by atoms with E-state index < -0.39 is 12.0 Å². The Bertz CT molecular complexity index is 1840. The van der Waals surface area contributed by atoms with Gasteiger partial charge in [-0.15, -0.1) is 0 Å². The van der Waals surface area contributed by atoms with E-state index in [-0.39, 0.29) is 12.2 Å². The van der Waals surface area contributed by atoms with Crippen molar-refractivity contribution in [2.45, 2.75) is 26.5 Å². The zero-order valence-corrected chi connectivity index (χ0v) is 25.9. The highest BCUT2D eigenvalue weighted by Gasteiger charge is 2.33. The van der Waals surface area contributed by atoms with Crippen molar-refractivity contribution in [3.63, 3.8) is 0 Å². The fourth-order valence-electron chi connectivity index (χ4n) is 4.67. The molecule has 0 fully saturated rings. The third-order valence-corrected chi connectivity index (χ3v) is 8.40. The highest BCUT2D eigenvalue weighted by molar-refractivity contribution is 7.07. The zero-order chi connectivity index (χ0) is 30.0. The van der Waals surface area contributed by atoms with E-state index in [1.165, 1.54) is 11.3 Å². The van der Waals surface area contributed by atoms with Gasteiger partial charge in [-0.1, -0.05) is 64.9 Å². The Morgan fingerprint density at radius 1 is 1.07 bits per heavy atom. The lowest BCUT2D eigenvalue weighted by molar-refractivity contribution is -0.139. The molecule has 3 aromatic carbocycles. The molecule has 5 rings (SSSR count). The number of hydrogen-bond acceptors (Lipinski definition) is 7. The highest BCUT2D eigenvalue weighted by atomic mass is 35.5. The van der Waals surface area contributed by atoms with Gasteiger partial charge in [0.25, 0.3) is 5.56 Å². The number of fused-ring (bicyclic) bond motifs is 1. The normalized spacial score (nSPS) is 14.8. The van der Waals surface area contributed by atoms with Crippen molar-refractivity contribution in [2.75, 3.05) is 25.6 Å². The average Bonchev–Trinajstić information content (AvgIpc) is 3.26. The quantitative estimate of drug-likeness (QED) is 0.234. The number of allylic oxidation sites excluding steroid dienone is 1. The van der Waals surface area contributed by atoms with Gasteiger partial charge in [0.15, 0.2) is 4.80 Å². The van der Waals surface area contributed by atoms with Crippen molar-refractivity contribution in [1.29, 1.82) is 0 Å². The van der Waals surface area contributed by atoms with Gasteiger partial charge in [-0.3, -0.25) is 9.36 Å². The Labute approximate surface area is 257 Å². The number of hydrogen-bond donors (Lipinski definition) is 0. The van der Waals surface area contributed by atoms with E-state index in [1.54, 1.807) is 30.5 Å². The van der Waals surface area contributed by atoms with Crippen molar-refractivity contribution in [3.05, 3.63) is 124 Å². The van der Waals surface area contributed by atoms with Crippen LogP contribution in [0.4, 0.5) is 5.69 Å². The molecule has 216 valence electrons. The Balaban J connectivity index is 1.49. The number of thiazole rings is 1. The minimum Gasteiger partial charge on any atom is -0.489 e. The van der Waals surface area contributed by atoms with Crippen LogP contribution < -0.4 is 24.5 Å². The molecule has 0 radical (unpaired) electrons. The number of rotatable bonds is 8. The van der Waals surface area contributed by atoms with Gasteiger partial charge >= 0.3 is 5.97 Å². The minimum absolute atomic E-state index is 0.221. The predicted molar refractivity (Wildman–Crippen MR) is 168 cm³/mol. The van der Waals surface area contributed by atoms with Crippen LogP contribution in [0.25, 0.3) is 6.08 Å². The predicted octanol–water partition coefficient (Wildman–Crippen LogP) is 5.75. The van der Waals surface area contributed by atoms with Crippen molar-refractivity contribution in [1.82, 2.24) is 4.57 Å². The first-order chi connectivity index (χ1) is 20.2. The van der Waals surface area contributed by atoms with Gasteiger partial charge in [0.1, 0.15) is 12.4 Å². The molecule has 0 aliphatic carbocycles. The first-order valence-corrected chi connectivity index (χ1v) is 14.9. The van der Waals surface area contributed by atoms with Gasteiger partial charge in [0, 0.05) is 35.4 Å². The second-order valence-electron chi connectivity index (χ2n) is 9.88. The Morgan fingerprint density at radius 3 is 2.43 bits per heavy atom. The Kier molecular flexibility index (Phi) is 8.87. The molecule has 7 nitrogen and oxygen atoms in total. The number of carbonyl (C=O) groups is 1. The molecule has 1 aliphatic heterocycles. The Hall–Kier alpha value is -3.85. The first-order valence-electron chi connectivity index (χ1n) is 13.3. The van der Waals surface area contributed by atoms with Crippen molar-refractivity contribution >= 4 is 52.3 Å². The van der Waals surface area contributed by atoms with Crippen molar-refractivity contribution in [3.8, 4) is 5.75 Å². The summed E-state index contributed by atoms with van der Waals surface area (Å²) in [6.07, 6.45) is 1.82. The summed E-state index contributed by atoms with van der Waals surface area (Å²) < 4.78 is 13.4. The summed E-state index contributed by atoms with van der Waals surface area (Å²) in [6.45, 7) is 4.05. The standard InChI is InChI=1S/C32H29Cl2N3O4S/c1-5-40-31(39)28-19(2)35-32-37(29(28)21-9-12-24(13-10-21)36(3)4)30(38)27(42-32)16-20-6-14-25(15-7-20)41-18-22-8-11-23(33)17-26(22)34/h6-17,29H,5,18H2,1-4H3/b27-16-/t29-/m1/s1. The van der Waals surface area contributed by atoms with Gasteiger partial charge < -0.3 is 14.4 Å². The van der Waals surface area contributed by atoms with Crippen LogP contribution in [0, 0.1) is 0 Å². The fourth-order valence-corrected chi connectivity index (χ4v) is 6.18. The summed E-state index contributed by atoms with van der Waals surface area (Å²) >= 11 is 13.5. The van der Waals surface area contributed by atoms with Crippen LogP contribution >= 0.6 is 34.5 Å². The largest absolute Gasteiger partial charge is 0.489 e. The molecular formula is C32H29Cl2N3O4S. The maximum Gasteiger partial charge on any atom is 0.338 e. The van der Waals surface area contributed by atoms with E-state index in [1.807, 2.05) is 79.7 Å². The van der Waals surface area contributed by atoms with Gasteiger partial charge in [-0.05, 0) is 67.4 Å². The number of benzene rings is 3. The smallest absolute Gasteiger partial charge is 0.338 e. The van der Waals surface area contributed by atoms with E-state index in [9.17, 15) is 9.59 Å². The van der Waals surface area contributed by atoms with Crippen LogP contribution in [0.2, 0.25) is 10.0 Å². The summed E-state index contributed by atoms with van der Waals surface area (Å²) in [6, 6.07) is 19.9. The lowest BCUT2D eigenvalue weighted by Crippen LogP contribution is -2.39. The summed E-state index contributed by atoms with van der Waals surface area (Å²) in [5.74, 6) is 0.181. The monoisotopic (exact) mass is 621 g/mol. The molecule has 10 heteroatoms. The summed E-state index contributed by atoms with van der Waals surface area (Å²) in [4.78, 5) is 34.1. The number of carbonyl (C=O) groups excluding carboxylic acids is 1. The van der Waals surface area contributed by atoms with Gasteiger partial charge in [-0.25, -0.2) is 9.79 Å². The van der Waals surface area contributed by atoms with Crippen LogP contribution in [0.5, 0.6) is 5.75 Å². The molecule has 42 heavy (non-hydrogen) atoms. The van der Waals surface area contributed by atoms with Crippen molar-refractivity contribution < 1.29 is 14.3 Å². The van der Waals surface area contributed by atoms with Crippen LogP contribution in [0.3, 0.4) is 0 Å². The van der Waals surface area contributed by atoms with E-state index >= 15 is 0 Å². The second-order valence-corrected chi connectivity index (χ2v) is 11.7. The maximum absolute atomic E-state index is 13.8. The zero-order valence-electron chi connectivity index (χ0n) is 23.6. The number of ether oxygens (including phenoxy) is 2. The maximum atomic E-state index is 13.8. The number of aromatic nitrogens is 1. The molecule has 4 aromatic rings. The number of anilines is 1. The second kappa shape index (κ2) is 12.6. The van der Waals surface area contributed by atoms with Gasteiger partial charge in [-0.2, -0.15) is 0 Å². The van der Waals surface area contributed by atoms with Crippen LogP contribution in [-0.4, -0.2) is 31.2 Å². The van der Waals surface area contributed by atoms with E-state index in [2.05, 4.69) is 4.99 Å². The molecule has 0 amide bonds. The third-order valence-electron chi connectivity index (χ3n) is 6.83. The van der Waals surface area contributed by atoms with Gasteiger partial charge in [0.2, 0.25) is 0 Å². The van der Waals surface area contributed by atoms with E-state index in [0.717, 1.165) is 22.4 Å². The molecule has 2 heterocycles. The molecule has 0 spiro atoms. The third kappa shape index (κ3) is 6.16. The molecule has 0 N–H and O–H groups in total. The lowest BCUT2D eigenvalue weighted by atomic mass is 9.95. The van der Waals surface area contributed by atoms with Gasteiger partial charge in [0.05, 0.1) is 28.5 Å². The Morgan fingerprint density at radius 2 is 1.79 bits per heavy atom. The average molecular weight is 623 g/mol.